The molecule has 2 aromatic rings. The Hall–Kier alpha value is -1.51. The van der Waals surface area contributed by atoms with E-state index in [-0.39, 0.29) is 0 Å². The Balaban J connectivity index is 1.68. The molecule has 0 spiro atoms. The molecule has 1 aliphatic carbocycles. The highest BCUT2D eigenvalue weighted by atomic mass is 35.5. The fourth-order valence-corrected chi connectivity index (χ4v) is 3.26. The second-order valence-corrected chi connectivity index (χ2v) is 6.12. The van der Waals surface area contributed by atoms with E-state index in [1.165, 1.54) is 16.7 Å². The first-order chi connectivity index (χ1) is 10.2. The Morgan fingerprint density at radius 2 is 1.95 bits per heavy atom. The lowest BCUT2D eigenvalue weighted by atomic mass is 10.1. The Labute approximate surface area is 131 Å². The van der Waals surface area contributed by atoms with Gasteiger partial charge in [-0.25, -0.2) is 0 Å². The van der Waals surface area contributed by atoms with Gasteiger partial charge in [0.15, 0.2) is 0 Å². The molecule has 0 amide bonds. The van der Waals surface area contributed by atoms with E-state index >= 15 is 0 Å². The lowest BCUT2D eigenvalue weighted by molar-refractivity contribution is 0.411. The van der Waals surface area contributed by atoms with Gasteiger partial charge in [-0.2, -0.15) is 0 Å². The van der Waals surface area contributed by atoms with Crippen LogP contribution < -0.4 is 10.1 Å². The van der Waals surface area contributed by atoms with Gasteiger partial charge in [0, 0.05) is 17.1 Å². The van der Waals surface area contributed by atoms with Crippen LogP contribution in [0.1, 0.15) is 29.7 Å². The minimum atomic E-state index is 0.301. The van der Waals surface area contributed by atoms with E-state index in [4.69, 9.17) is 16.3 Å². The van der Waals surface area contributed by atoms with E-state index in [1.54, 1.807) is 7.11 Å². The van der Waals surface area contributed by atoms with Crippen LogP contribution in [0.25, 0.3) is 0 Å². The van der Waals surface area contributed by atoms with Crippen molar-refractivity contribution in [2.75, 3.05) is 7.11 Å². The van der Waals surface area contributed by atoms with Crippen molar-refractivity contribution >= 4 is 11.6 Å². The molecule has 1 aliphatic rings. The molecule has 0 radical (unpaired) electrons. The van der Waals surface area contributed by atoms with E-state index in [0.717, 1.165) is 23.6 Å². The molecule has 3 heteroatoms. The molecular formula is C18H20ClNO. The van der Waals surface area contributed by atoms with Crippen molar-refractivity contribution in [3.63, 3.8) is 0 Å². The van der Waals surface area contributed by atoms with Gasteiger partial charge in [0.25, 0.3) is 0 Å². The molecular weight excluding hydrogens is 282 g/mol. The molecule has 0 saturated carbocycles. The maximum Gasteiger partial charge on any atom is 0.119 e. The topological polar surface area (TPSA) is 21.3 Å². The van der Waals surface area contributed by atoms with Gasteiger partial charge >= 0.3 is 0 Å². The molecule has 0 fully saturated rings. The molecule has 0 saturated heterocycles. The number of rotatable bonds is 4. The first-order valence-electron chi connectivity index (χ1n) is 7.33. The zero-order chi connectivity index (χ0) is 14.8. The van der Waals surface area contributed by atoms with Crippen molar-refractivity contribution in [2.45, 2.75) is 31.8 Å². The van der Waals surface area contributed by atoms with Crippen molar-refractivity contribution in [2.24, 2.45) is 0 Å². The van der Waals surface area contributed by atoms with Crippen molar-refractivity contribution in [1.82, 2.24) is 5.32 Å². The molecule has 0 aromatic heterocycles. The Morgan fingerprint density at radius 3 is 2.76 bits per heavy atom. The predicted octanol–water partition coefficient (Wildman–Crippen LogP) is 4.17. The lowest BCUT2D eigenvalue weighted by Gasteiger charge is -2.20. The number of ether oxygens (including phenoxy) is 1. The van der Waals surface area contributed by atoms with Crippen molar-refractivity contribution in [3.8, 4) is 5.75 Å². The zero-order valence-electron chi connectivity index (χ0n) is 12.4. The normalized spacial score (nSPS) is 18.3. The maximum atomic E-state index is 6.07. The average Bonchev–Trinajstić information content (AvgIpc) is 2.88. The number of methoxy groups -OCH3 is 1. The summed E-state index contributed by atoms with van der Waals surface area (Å²) >= 11 is 6.07. The van der Waals surface area contributed by atoms with Gasteiger partial charge in [0.1, 0.15) is 5.75 Å². The van der Waals surface area contributed by atoms with Crippen LogP contribution in [0.5, 0.6) is 5.75 Å². The summed E-state index contributed by atoms with van der Waals surface area (Å²) in [7, 11) is 1.70. The third-order valence-electron chi connectivity index (χ3n) is 4.18. The molecule has 0 aliphatic heterocycles. The molecule has 3 rings (SSSR count). The van der Waals surface area contributed by atoms with E-state index in [0.29, 0.717) is 12.1 Å². The van der Waals surface area contributed by atoms with Crippen molar-refractivity contribution in [3.05, 3.63) is 64.2 Å². The average molecular weight is 302 g/mol. The highest BCUT2D eigenvalue weighted by molar-refractivity contribution is 6.30. The van der Waals surface area contributed by atoms with Crippen LogP contribution >= 0.6 is 11.6 Å². The van der Waals surface area contributed by atoms with Gasteiger partial charge in [0.05, 0.1) is 7.11 Å². The SMILES string of the molecule is COc1cccc([C@H](C)NC2Cc3ccc(Cl)cc3C2)c1. The van der Waals surface area contributed by atoms with Gasteiger partial charge in [-0.15, -0.1) is 0 Å². The van der Waals surface area contributed by atoms with Gasteiger partial charge in [-0.3, -0.25) is 0 Å². The monoisotopic (exact) mass is 301 g/mol. The van der Waals surface area contributed by atoms with Crippen LogP contribution in [-0.4, -0.2) is 13.2 Å². The first kappa shape index (κ1) is 14.4. The second kappa shape index (κ2) is 6.08. The van der Waals surface area contributed by atoms with Crippen molar-refractivity contribution < 1.29 is 4.74 Å². The van der Waals surface area contributed by atoms with Gasteiger partial charge in [-0.05, 0) is 60.7 Å². The van der Waals surface area contributed by atoms with E-state index in [9.17, 15) is 0 Å². The van der Waals surface area contributed by atoms with Crippen LogP contribution in [0.3, 0.4) is 0 Å². The van der Waals surface area contributed by atoms with Gasteiger partial charge in [-0.1, -0.05) is 29.8 Å². The van der Waals surface area contributed by atoms with Crippen LogP contribution in [-0.2, 0) is 12.8 Å². The smallest absolute Gasteiger partial charge is 0.119 e. The van der Waals surface area contributed by atoms with Crippen LogP contribution in [0.2, 0.25) is 5.02 Å². The van der Waals surface area contributed by atoms with Crippen LogP contribution in [0, 0.1) is 0 Å². The van der Waals surface area contributed by atoms with Crippen molar-refractivity contribution in [1.29, 1.82) is 0 Å². The number of hydrogen-bond acceptors (Lipinski definition) is 2. The second-order valence-electron chi connectivity index (χ2n) is 5.68. The van der Waals surface area contributed by atoms with Crippen LogP contribution in [0.4, 0.5) is 0 Å². The molecule has 2 atom stereocenters. The zero-order valence-corrected chi connectivity index (χ0v) is 13.2. The fraction of sp³-hybridized carbons (Fsp3) is 0.333. The summed E-state index contributed by atoms with van der Waals surface area (Å²) < 4.78 is 5.30. The number of halogens is 1. The number of benzene rings is 2. The molecule has 2 nitrogen and oxygen atoms in total. The molecule has 2 aromatic carbocycles. The number of nitrogens with one attached hydrogen (secondary N) is 1. The van der Waals surface area contributed by atoms with E-state index in [1.807, 2.05) is 18.2 Å². The van der Waals surface area contributed by atoms with Crippen LogP contribution in [0.15, 0.2) is 42.5 Å². The molecule has 21 heavy (non-hydrogen) atoms. The third-order valence-corrected chi connectivity index (χ3v) is 4.42. The largest absolute Gasteiger partial charge is 0.497 e. The fourth-order valence-electron chi connectivity index (χ4n) is 3.07. The minimum absolute atomic E-state index is 0.301. The summed E-state index contributed by atoms with van der Waals surface area (Å²) in [4.78, 5) is 0. The van der Waals surface area contributed by atoms with Gasteiger partial charge in [0.2, 0.25) is 0 Å². The standard InChI is InChI=1S/C18H20ClNO/c1-12(13-4-3-5-18(11-13)21-2)20-17-9-14-6-7-16(19)8-15(14)10-17/h3-8,11-12,17,20H,9-10H2,1-2H3/t12-,17?/m0/s1. The first-order valence-corrected chi connectivity index (χ1v) is 7.71. The molecule has 0 bridgehead atoms. The maximum absolute atomic E-state index is 6.07. The lowest BCUT2D eigenvalue weighted by Crippen LogP contribution is -2.32. The summed E-state index contributed by atoms with van der Waals surface area (Å²) in [6, 6.07) is 15.2. The predicted molar refractivity (Wildman–Crippen MR) is 87.2 cm³/mol. The summed E-state index contributed by atoms with van der Waals surface area (Å²) in [5, 5.41) is 4.54. The Kier molecular flexibility index (Phi) is 4.18. The summed E-state index contributed by atoms with van der Waals surface area (Å²) in [5.74, 6) is 0.905. The molecule has 110 valence electrons. The number of hydrogen-bond donors (Lipinski definition) is 1. The third kappa shape index (κ3) is 3.22. The molecule has 0 heterocycles. The number of fused-ring (bicyclic) bond motifs is 1. The summed E-state index contributed by atoms with van der Waals surface area (Å²) in [5.41, 5.74) is 4.04. The quantitative estimate of drug-likeness (QED) is 0.915. The summed E-state index contributed by atoms with van der Waals surface area (Å²) in [6.07, 6.45) is 2.12. The molecule has 1 N–H and O–H groups in total. The summed E-state index contributed by atoms with van der Waals surface area (Å²) in [6.45, 7) is 2.20. The Bertz CT molecular complexity index is 641. The molecule has 1 unspecified atom stereocenters. The van der Waals surface area contributed by atoms with E-state index in [2.05, 4.69) is 36.5 Å². The highest BCUT2D eigenvalue weighted by Gasteiger charge is 2.23. The highest BCUT2D eigenvalue weighted by Crippen LogP contribution is 2.27. The van der Waals surface area contributed by atoms with Gasteiger partial charge < -0.3 is 10.1 Å². The van der Waals surface area contributed by atoms with E-state index < -0.39 is 0 Å². The minimum Gasteiger partial charge on any atom is -0.497 e. The Morgan fingerprint density at radius 1 is 1.14 bits per heavy atom.